The van der Waals surface area contributed by atoms with Crippen LogP contribution in [0.3, 0.4) is 0 Å². The molecule has 33 heavy (non-hydrogen) atoms. The smallest absolute Gasteiger partial charge is 0.359 e. The number of rotatable bonds is 6. The highest BCUT2D eigenvalue weighted by Gasteiger charge is 2.44. The molecule has 2 aromatic heterocycles. The zero-order valence-electron chi connectivity index (χ0n) is 19.5. The van der Waals surface area contributed by atoms with Gasteiger partial charge < -0.3 is 14.4 Å². The minimum Gasteiger partial charge on any atom is -0.474 e. The van der Waals surface area contributed by atoms with Crippen LogP contribution >= 0.6 is 0 Å². The SMILES string of the molecule is CCOC(=O)c1nn(CC(=O)N2C3CCC2CC(Oc2ncccc2C)C3)c2c1CCCC2. The van der Waals surface area contributed by atoms with Gasteiger partial charge in [-0.1, -0.05) is 6.07 Å². The summed E-state index contributed by atoms with van der Waals surface area (Å²) < 4.78 is 13.2. The highest BCUT2D eigenvalue weighted by Crippen LogP contribution is 2.38. The second-order valence-corrected chi connectivity index (χ2v) is 9.38. The molecule has 2 bridgehead atoms. The van der Waals surface area contributed by atoms with Gasteiger partial charge in [-0.25, -0.2) is 9.78 Å². The van der Waals surface area contributed by atoms with E-state index in [1.807, 2.05) is 19.1 Å². The Kier molecular flexibility index (Phi) is 6.08. The summed E-state index contributed by atoms with van der Waals surface area (Å²) in [5, 5.41) is 4.56. The molecule has 5 rings (SSSR count). The number of pyridine rings is 1. The molecule has 3 aliphatic rings. The first-order valence-corrected chi connectivity index (χ1v) is 12.2. The summed E-state index contributed by atoms with van der Waals surface area (Å²) >= 11 is 0. The molecule has 2 atom stereocenters. The quantitative estimate of drug-likeness (QED) is 0.626. The normalized spacial score (nSPS) is 23.8. The van der Waals surface area contributed by atoms with Crippen LogP contribution in [0, 0.1) is 6.92 Å². The third-order valence-corrected chi connectivity index (χ3v) is 7.23. The van der Waals surface area contributed by atoms with Crippen molar-refractivity contribution in [1.82, 2.24) is 19.7 Å². The Bertz CT molecular complexity index is 1040. The van der Waals surface area contributed by atoms with Crippen molar-refractivity contribution < 1.29 is 19.1 Å². The van der Waals surface area contributed by atoms with Gasteiger partial charge in [-0.3, -0.25) is 9.48 Å². The molecule has 0 aromatic carbocycles. The lowest BCUT2D eigenvalue weighted by Gasteiger charge is -2.39. The van der Waals surface area contributed by atoms with E-state index in [1.54, 1.807) is 17.8 Å². The van der Waals surface area contributed by atoms with Crippen LogP contribution in [-0.2, 0) is 28.9 Å². The van der Waals surface area contributed by atoms with Crippen molar-refractivity contribution in [3.63, 3.8) is 0 Å². The Morgan fingerprint density at radius 3 is 2.64 bits per heavy atom. The second-order valence-electron chi connectivity index (χ2n) is 9.38. The lowest BCUT2D eigenvalue weighted by Crippen LogP contribution is -2.50. The molecule has 8 heteroatoms. The summed E-state index contributed by atoms with van der Waals surface area (Å²) in [4.78, 5) is 32.3. The maximum absolute atomic E-state index is 13.4. The maximum atomic E-state index is 13.4. The minimum atomic E-state index is -0.385. The fourth-order valence-corrected chi connectivity index (χ4v) is 5.76. The van der Waals surface area contributed by atoms with Gasteiger partial charge in [0.05, 0.1) is 6.61 Å². The van der Waals surface area contributed by atoms with Gasteiger partial charge in [-0.05, 0) is 58.4 Å². The Hall–Kier alpha value is -2.90. The van der Waals surface area contributed by atoms with Crippen LogP contribution in [-0.4, -0.2) is 56.3 Å². The number of esters is 1. The van der Waals surface area contributed by atoms with E-state index in [2.05, 4.69) is 15.0 Å². The van der Waals surface area contributed by atoms with E-state index in [-0.39, 0.29) is 36.6 Å². The van der Waals surface area contributed by atoms with Crippen molar-refractivity contribution >= 4 is 11.9 Å². The number of ether oxygens (including phenoxy) is 2. The summed E-state index contributed by atoms with van der Waals surface area (Å²) in [6, 6.07) is 4.28. The Morgan fingerprint density at radius 1 is 1.15 bits per heavy atom. The van der Waals surface area contributed by atoms with Crippen LogP contribution in [0.4, 0.5) is 0 Å². The lowest BCUT2D eigenvalue weighted by molar-refractivity contribution is -0.138. The fourth-order valence-electron chi connectivity index (χ4n) is 5.76. The molecule has 2 aromatic rings. The van der Waals surface area contributed by atoms with Gasteiger partial charge in [-0.15, -0.1) is 0 Å². The Morgan fingerprint density at radius 2 is 1.91 bits per heavy atom. The summed E-state index contributed by atoms with van der Waals surface area (Å²) in [5.74, 6) is 0.391. The summed E-state index contributed by atoms with van der Waals surface area (Å²) in [6.45, 7) is 4.30. The molecule has 0 radical (unpaired) electrons. The highest BCUT2D eigenvalue weighted by molar-refractivity contribution is 5.89. The zero-order valence-corrected chi connectivity index (χ0v) is 19.5. The molecule has 1 aliphatic carbocycles. The number of hydrogen-bond donors (Lipinski definition) is 0. The van der Waals surface area contributed by atoms with E-state index >= 15 is 0 Å². The molecular weight excluding hydrogens is 420 g/mol. The lowest BCUT2D eigenvalue weighted by atomic mass is 9.95. The number of amides is 1. The molecule has 0 spiro atoms. The van der Waals surface area contributed by atoms with E-state index in [0.29, 0.717) is 18.2 Å². The summed E-state index contributed by atoms with van der Waals surface area (Å²) in [5.41, 5.74) is 3.41. The van der Waals surface area contributed by atoms with Crippen LogP contribution in [0.15, 0.2) is 18.3 Å². The van der Waals surface area contributed by atoms with Crippen molar-refractivity contribution in [2.45, 2.75) is 89.9 Å². The maximum Gasteiger partial charge on any atom is 0.359 e. The third-order valence-electron chi connectivity index (χ3n) is 7.23. The summed E-state index contributed by atoms with van der Waals surface area (Å²) in [7, 11) is 0. The third kappa shape index (κ3) is 4.23. The summed E-state index contributed by atoms with van der Waals surface area (Å²) in [6.07, 6.45) is 9.24. The van der Waals surface area contributed by atoms with E-state index < -0.39 is 0 Å². The van der Waals surface area contributed by atoms with Gasteiger partial charge in [0.25, 0.3) is 0 Å². The van der Waals surface area contributed by atoms with Gasteiger partial charge in [0.1, 0.15) is 12.6 Å². The van der Waals surface area contributed by atoms with Crippen LogP contribution in [0.1, 0.15) is 72.8 Å². The first-order valence-electron chi connectivity index (χ1n) is 12.2. The highest BCUT2D eigenvalue weighted by atomic mass is 16.5. The van der Waals surface area contributed by atoms with E-state index in [0.717, 1.165) is 68.2 Å². The van der Waals surface area contributed by atoms with Gasteiger partial charge in [0.15, 0.2) is 5.69 Å². The van der Waals surface area contributed by atoms with Crippen LogP contribution in [0.5, 0.6) is 5.88 Å². The first kappa shape index (κ1) is 21.9. The van der Waals surface area contributed by atoms with Gasteiger partial charge in [0, 0.05) is 47.9 Å². The molecule has 2 saturated heterocycles. The van der Waals surface area contributed by atoms with Crippen molar-refractivity contribution in [2.24, 2.45) is 0 Å². The molecule has 0 N–H and O–H groups in total. The van der Waals surface area contributed by atoms with Crippen molar-refractivity contribution in [3.05, 3.63) is 40.8 Å². The van der Waals surface area contributed by atoms with E-state index in [9.17, 15) is 9.59 Å². The average molecular weight is 453 g/mol. The predicted molar refractivity (Wildman–Crippen MR) is 121 cm³/mol. The number of fused-ring (bicyclic) bond motifs is 3. The van der Waals surface area contributed by atoms with Crippen molar-refractivity contribution in [1.29, 1.82) is 0 Å². The first-order chi connectivity index (χ1) is 16.0. The second kappa shape index (κ2) is 9.15. The fraction of sp³-hybridized carbons (Fsp3) is 0.600. The minimum absolute atomic E-state index is 0.0769. The van der Waals surface area contributed by atoms with Crippen molar-refractivity contribution in [3.8, 4) is 5.88 Å². The molecule has 0 saturated carbocycles. The molecule has 176 valence electrons. The monoisotopic (exact) mass is 452 g/mol. The van der Waals surface area contributed by atoms with Crippen LogP contribution < -0.4 is 4.74 Å². The number of aryl methyl sites for hydroxylation is 1. The van der Waals surface area contributed by atoms with Crippen LogP contribution in [0.25, 0.3) is 0 Å². The molecule has 8 nitrogen and oxygen atoms in total. The molecule has 2 aliphatic heterocycles. The molecule has 1 amide bonds. The number of piperidine rings is 1. The number of carbonyl (C=O) groups excluding carboxylic acids is 2. The number of aromatic nitrogens is 3. The Balaban J connectivity index is 1.29. The zero-order chi connectivity index (χ0) is 22.9. The van der Waals surface area contributed by atoms with Gasteiger partial charge >= 0.3 is 5.97 Å². The van der Waals surface area contributed by atoms with Crippen LogP contribution in [0.2, 0.25) is 0 Å². The topological polar surface area (TPSA) is 86.5 Å². The molecule has 4 heterocycles. The van der Waals surface area contributed by atoms with Gasteiger partial charge in [-0.2, -0.15) is 5.10 Å². The molecular formula is C25H32N4O4. The molecule has 2 fully saturated rings. The predicted octanol–water partition coefficient (Wildman–Crippen LogP) is 3.24. The van der Waals surface area contributed by atoms with Gasteiger partial charge in [0.2, 0.25) is 11.8 Å². The van der Waals surface area contributed by atoms with E-state index in [4.69, 9.17) is 9.47 Å². The number of hydrogen-bond acceptors (Lipinski definition) is 6. The van der Waals surface area contributed by atoms with Crippen molar-refractivity contribution in [2.75, 3.05) is 6.61 Å². The molecule has 2 unspecified atom stereocenters. The number of carbonyl (C=O) groups is 2. The Labute approximate surface area is 194 Å². The van der Waals surface area contributed by atoms with E-state index in [1.165, 1.54) is 0 Å². The average Bonchev–Trinajstić information content (AvgIpc) is 3.30. The standard InChI is InChI=1S/C25H32N4O4/c1-3-32-25(31)23-20-8-4-5-9-21(20)28(27-23)15-22(30)29-17-10-11-18(29)14-19(13-17)33-24-16(2)7-6-12-26-24/h6-7,12,17-19H,3-5,8-11,13-15H2,1-2H3. The largest absolute Gasteiger partial charge is 0.474 e. The number of nitrogens with zero attached hydrogens (tertiary/aromatic N) is 4.